The van der Waals surface area contributed by atoms with Crippen molar-refractivity contribution in [1.29, 1.82) is 0 Å². The molecule has 3 rings (SSSR count). The van der Waals surface area contributed by atoms with E-state index in [1.807, 2.05) is 18.2 Å². The van der Waals surface area contributed by atoms with E-state index in [4.69, 9.17) is 9.47 Å². The van der Waals surface area contributed by atoms with Crippen LogP contribution in [0.3, 0.4) is 0 Å². The first-order valence-electron chi connectivity index (χ1n) is 8.10. The number of benzene rings is 1. The summed E-state index contributed by atoms with van der Waals surface area (Å²) in [4.78, 5) is 17.8. The quantitative estimate of drug-likeness (QED) is 0.739. The highest BCUT2D eigenvalue weighted by atomic mass is 16.5. The van der Waals surface area contributed by atoms with E-state index in [0.717, 1.165) is 36.4 Å². The molecule has 25 heavy (non-hydrogen) atoms. The van der Waals surface area contributed by atoms with E-state index < -0.39 is 5.97 Å². The molecule has 0 N–H and O–H groups in total. The highest BCUT2D eigenvalue weighted by Crippen LogP contribution is 2.38. The number of carbonyl (C=O) groups is 1. The summed E-state index contributed by atoms with van der Waals surface area (Å²) < 4.78 is 17.1. The summed E-state index contributed by atoms with van der Waals surface area (Å²) in [6, 6.07) is 6.10. The van der Waals surface area contributed by atoms with E-state index in [9.17, 15) is 4.79 Å². The number of carbonyl (C=O) groups excluding carboxylic acids is 1. The number of methoxy groups -OCH3 is 3. The third-order valence-corrected chi connectivity index (χ3v) is 4.39. The van der Waals surface area contributed by atoms with Gasteiger partial charge < -0.3 is 14.2 Å². The minimum Gasteiger partial charge on any atom is -0.497 e. The molecule has 2 heterocycles. The van der Waals surface area contributed by atoms with Gasteiger partial charge >= 0.3 is 5.97 Å². The van der Waals surface area contributed by atoms with Crippen molar-refractivity contribution in [1.82, 2.24) is 19.7 Å². The summed E-state index contributed by atoms with van der Waals surface area (Å²) in [6.45, 7) is 1.48. The summed E-state index contributed by atoms with van der Waals surface area (Å²) in [6.07, 6.45) is 3.66. The Labute approximate surface area is 146 Å². The second kappa shape index (κ2) is 7.52. The van der Waals surface area contributed by atoms with Gasteiger partial charge in [0, 0.05) is 24.2 Å². The van der Waals surface area contributed by atoms with Gasteiger partial charge in [-0.15, -0.1) is 5.10 Å². The highest BCUT2D eigenvalue weighted by Gasteiger charge is 2.29. The Balaban J connectivity index is 1.79. The lowest BCUT2D eigenvalue weighted by Gasteiger charge is -2.26. The molecule has 1 aliphatic rings. The maximum Gasteiger partial charge on any atom is 0.377 e. The second-order valence-corrected chi connectivity index (χ2v) is 5.82. The lowest BCUT2D eigenvalue weighted by atomic mass is 10.0. The fraction of sp³-hybridized carbons (Fsp3) is 0.471. The van der Waals surface area contributed by atoms with Crippen LogP contribution in [0, 0.1) is 0 Å². The van der Waals surface area contributed by atoms with Gasteiger partial charge in [0.1, 0.15) is 17.8 Å². The zero-order valence-corrected chi connectivity index (χ0v) is 14.6. The molecule has 0 unspecified atom stereocenters. The average Bonchev–Trinajstić information content (AvgIpc) is 3.30. The van der Waals surface area contributed by atoms with Crippen LogP contribution in [0.2, 0.25) is 0 Å². The first-order chi connectivity index (χ1) is 12.2. The maximum absolute atomic E-state index is 11.5. The number of nitrogens with zero attached hydrogens (tertiary/aromatic N) is 4. The lowest BCUT2D eigenvalue weighted by molar-refractivity contribution is 0.0585. The van der Waals surface area contributed by atoms with Crippen LogP contribution in [0.5, 0.6) is 11.5 Å². The summed E-state index contributed by atoms with van der Waals surface area (Å²) in [5.41, 5.74) is 1.12. The van der Waals surface area contributed by atoms with Crippen LogP contribution in [0.4, 0.5) is 0 Å². The molecule has 0 amide bonds. The van der Waals surface area contributed by atoms with Gasteiger partial charge in [-0.25, -0.2) is 14.5 Å². The first kappa shape index (κ1) is 17.2. The van der Waals surface area contributed by atoms with Crippen molar-refractivity contribution in [3.05, 3.63) is 35.9 Å². The molecule has 2 aromatic rings. The Bertz CT molecular complexity index is 746. The van der Waals surface area contributed by atoms with Crippen LogP contribution in [-0.4, -0.2) is 53.5 Å². The van der Waals surface area contributed by atoms with Crippen LogP contribution in [0.25, 0.3) is 0 Å². The number of ether oxygens (including phenoxy) is 3. The topological polar surface area (TPSA) is 78.7 Å². The molecule has 1 aromatic carbocycles. The number of aromatic nitrogens is 3. The predicted molar refractivity (Wildman–Crippen MR) is 89.6 cm³/mol. The molecule has 0 spiro atoms. The molecule has 0 aliphatic carbocycles. The number of likely N-dealkylation sites (tertiary alicyclic amines) is 1. The molecule has 1 saturated heterocycles. The van der Waals surface area contributed by atoms with Crippen molar-refractivity contribution in [2.24, 2.45) is 0 Å². The number of hydrogen-bond acceptors (Lipinski definition) is 7. The van der Waals surface area contributed by atoms with Crippen LogP contribution in [0.1, 0.15) is 35.1 Å². The van der Waals surface area contributed by atoms with E-state index in [1.54, 1.807) is 25.2 Å². The largest absolute Gasteiger partial charge is 0.497 e. The Morgan fingerprint density at radius 2 is 2.12 bits per heavy atom. The Hall–Kier alpha value is -2.61. The third-order valence-electron chi connectivity index (χ3n) is 4.39. The van der Waals surface area contributed by atoms with Crippen LogP contribution in [0.15, 0.2) is 24.5 Å². The van der Waals surface area contributed by atoms with Crippen molar-refractivity contribution in [2.45, 2.75) is 25.6 Å². The summed E-state index contributed by atoms with van der Waals surface area (Å²) in [5, 5.41) is 4.18. The van der Waals surface area contributed by atoms with Crippen LogP contribution in [-0.2, 0) is 11.4 Å². The Kier molecular flexibility index (Phi) is 5.18. The minimum absolute atomic E-state index is 0.0697. The third kappa shape index (κ3) is 3.58. The SMILES string of the molecule is COC(=O)c1ncn(CN2CCC[C@@H]2c2ccc(OC)cc2OC)n1. The van der Waals surface area contributed by atoms with Crippen molar-refractivity contribution in [2.75, 3.05) is 27.9 Å². The van der Waals surface area contributed by atoms with Crippen LogP contribution >= 0.6 is 0 Å². The van der Waals surface area contributed by atoms with Gasteiger partial charge in [0.2, 0.25) is 0 Å². The van der Waals surface area contributed by atoms with Crippen molar-refractivity contribution >= 4 is 5.97 Å². The molecule has 8 heteroatoms. The Morgan fingerprint density at radius 1 is 1.28 bits per heavy atom. The fourth-order valence-electron chi connectivity index (χ4n) is 3.18. The van der Waals surface area contributed by atoms with Crippen molar-refractivity contribution in [3.63, 3.8) is 0 Å². The van der Waals surface area contributed by atoms with E-state index in [0.29, 0.717) is 6.67 Å². The van der Waals surface area contributed by atoms with E-state index in [1.165, 1.54) is 7.11 Å². The summed E-state index contributed by atoms with van der Waals surface area (Å²) in [7, 11) is 4.62. The average molecular weight is 346 g/mol. The Morgan fingerprint density at radius 3 is 2.84 bits per heavy atom. The van der Waals surface area contributed by atoms with Gasteiger partial charge in [-0.1, -0.05) is 6.07 Å². The van der Waals surface area contributed by atoms with Gasteiger partial charge in [0.15, 0.2) is 0 Å². The van der Waals surface area contributed by atoms with Crippen molar-refractivity contribution in [3.8, 4) is 11.5 Å². The second-order valence-electron chi connectivity index (χ2n) is 5.82. The zero-order chi connectivity index (χ0) is 17.8. The molecule has 0 saturated carbocycles. The zero-order valence-electron chi connectivity index (χ0n) is 14.6. The van der Waals surface area contributed by atoms with E-state index >= 15 is 0 Å². The van der Waals surface area contributed by atoms with Crippen molar-refractivity contribution < 1.29 is 19.0 Å². The lowest BCUT2D eigenvalue weighted by Crippen LogP contribution is -2.27. The molecule has 1 aliphatic heterocycles. The molecular weight excluding hydrogens is 324 g/mol. The van der Waals surface area contributed by atoms with Gasteiger partial charge in [0.05, 0.1) is 28.0 Å². The molecule has 0 radical (unpaired) electrons. The summed E-state index contributed by atoms with van der Waals surface area (Å²) in [5.74, 6) is 1.11. The van der Waals surface area contributed by atoms with Gasteiger partial charge in [-0.3, -0.25) is 4.90 Å². The molecule has 8 nitrogen and oxygen atoms in total. The smallest absolute Gasteiger partial charge is 0.377 e. The van der Waals surface area contributed by atoms with E-state index in [-0.39, 0.29) is 11.9 Å². The van der Waals surface area contributed by atoms with E-state index in [2.05, 4.69) is 19.7 Å². The maximum atomic E-state index is 11.5. The number of esters is 1. The summed E-state index contributed by atoms with van der Waals surface area (Å²) >= 11 is 0. The van der Waals surface area contributed by atoms with Gasteiger partial charge in [-0.05, 0) is 18.9 Å². The molecule has 1 aromatic heterocycles. The first-order valence-corrected chi connectivity index (χ1v) is 8.10. The standard InChI is InChI=1S/C17H22N4O4/c1-23-12-6-7-13(15(9-12)24-2)14-5-4-8-20(14)11-21-10-18-16(19-21)17(22)25-3/h6-7,9-10,14H,4-5,8,11H2,1-3H3/t14-/m1/s1. The van der Waals surface area contributed by atoms with Crippen LogP contribution < -0.4 is 9.47 Å². The molecule has 1 atom stereocenters. The molecule has 1 fully saturated rings. The fourth-order valence-corrected chi connectivity index (χ4v) is 3.18. The van der Waals surface area contributed by atoms with Gasteiger partial charge in [0.25, 0.3) is 5.82 Å². The van der Waals surface area contributed by atoms with Gasteiger partial charge in [-0.2, -0.15) is 0 Å². The monoisotopic (exact) mass is 346 g/mol. The molecule has 134 valence electrons. The number of hydrogen-bond donors (Lipinski definition) is 0. The molecule has 0 bridgehead atoms. The number of rotatable bonds is 6. The molecular formula is C17H22N4O4. The minimum atomic E-state index is -0.534. The normalized spacial score (nSPS) is 17.5. The predicted octanol–water partition coefficient (Wildman–Crippen LogP) is 1.88. The highest BCUT2D eigenvalue weighted by molar-refractivity contribution is 5.84.